The summed E-state index contributed by atoms with van der Waals surface area (Å²) >= 11 is 0. The van der Waals surface area contributed by atoms with Crippen LogP contribution in [-0.4, -0.2) is 32.4 Å². The molecule has 6 rings (SSSR count). The van der Waals surface area contributed by atoms with Gasteiger partial charge in [0.05, 0.1) is 23.2 Å². The molecule has 7 heteroatoms. The second kappa shape index (κ2) is 8.47. The predicted molar refractivity (Wildman–Crippen MR) is 145 cm³/mol. The summed E-state index contributed by atoms with van der Waals surface area (Å²) in [5, 5.41) is 5.44. The van der Waals surface area contributed by atoms with Crippen LogP contribution in [0.15, 0.2) is 70.8 Å². The van der Waals surface area contributed by atoms with Gasteiger partial charge in [-0.3, -0.25) is 19.3 Å². The number of carbonyl (C=O) groups excluding carboxylic acids is 2. The lowest BCUT2D eigenvalue weighted by Crippen LogP contribution is -2.34. The molecule has 2 amide bonds. The molecule has 0 fully saturated rings. The lowest BCUT2D eigenvalue weighted by Gasteiger charge is -2.20. The maximum absolute atomic E-state index is 13.9. The number of fused-ring (bicyclic) bond motifs is 1. The molecule has 0 radical (unpaired) electrons. The van der Waals surface area contributed by atoms with Gasteiger partial charge < -0.3 is 14.5 Å². The number of aryl methyl sites for hydroxylation is 2. The third-order valence-electron chi connectivity index (χ3n) is 7.74. The molecule has 0 saturated heterocycles. The highest BCUT2D eigenvalue weighted by Crippen LogP contribution is 2.46. The van der Waals surface area contributed by atoms with E-state index >= 15 is 0 Å². The van der Waals surface area contributed by atoms with E-state index in [1.165, 1.54) is 11.8 Å². The van der Waals surface area contributed by atoms with E-state index in [-0.39, 0.29) is 23.9 Å². The fourth-order valence-electron chi connectivity index (χ4n) is 5.83. The van der Waals surface area contributed by atoms with Crippen LogP contribution in [-0.2, 0) is 23.2 Å². The third kappa shape index (κ3) is 3.52. The summed E-state index contributed by atoms with van der Waals surface area (Å²) in [6.45, 7) is 6.81. The number of aromatic nitrogens is 2. The van der Waals surface area contributed by atoms with Crippen LogP contribution in [0.4, 0.5) is 5.69 Å². The maximum atomic E-state index is 13.9. The van der Waals surface area contributed by atoms with Gasteiger partial charge in [0.15, 0.2) is 0 Å². The van der Waals surface area contributed by atoms with Gasteiger partial charge >= 0.3 is 0 Å². The van der Waals surface area contributed by atoms with Gasteiger partial charge in [-0.15, -0.1) is 0 Å². The molecule has 0 bridgehead atoms. The summed E-state index contributed by atoms with van der Waals surface area (Å²) < 4.78 is 3.90. The van der Waals surface area contributed by atoms with Crippen molar-refractivity contribution in [2.24, 2.45) is 13.0 Å². The average molecular weight is 495 g/mol. The molecule has 4 aromatic rings. The topological polar surface area (TPSA) is 76.3 Å². The number of nitrogens with one attached hydrogen (secondary N) is 1. The Balaban J connectivity index is 1.67. The van der Waals surface area contributed by atoms with E-state index in [4.69, 9.17) is 0 Å². The Bertz CT molecular complexity index is 1710. The van der Waals surface area contributed by atoms with E-state index < -0.39 is 5.92 Å². The number of rotatable bonds is 4. The second-order valence-corrected chi connectivity index (χ2v) is 10.5. The smallest absolute Gasteiger partial charge is 0.259 e. The fourth-order valence-corrected chi connectivity index (χ4v) is 5.83. The van der Waals surface area contributed by atoms with Crippen molar-refractivity contribution < 1.29 is 9.59 Å². The first kappa shape index (κ1) is 23.3. The van der Waals surface area contributed by atoms with Gasteiger partial charge in [0.25, 0.3) is 11.5 Å². The van der Waals surface area contributed by atoms with E-state index in [0.29, 0.717) is 22.8 Å². The molecule has 188 valence electrons. The van der Waals surface area contributed by atoms with Gasteiger partial charge in [-0.05, 0) is 47.6 Å². The molecule has 7 nitrogen and oxygen atoms in total. The van der Waals surface area contributed by atoms with Crippen LogP contribution >= 0.6 is 0 Å². The minimum absolute atomic E-state index is 0.146. The van der Waals surface area contributed by atoms with E-state index in [2.05, 4.69) is 36.0 Å². The number of hydrogen-bond donors (Lipinski definition) is 1. The van der Waals surface area contributed by atoms with Crippen LogP contribution in [0.2, 0.25) is 0 Å². The zero-order valence-corrected chi connectivity index (χ0v) is 21.5. The minimum Gasteiger partial charge on any atom is -0.356 e. The summed E-state index contributed by atoms with van der Waals surface area (Å²) in [6, 6.07) is 15.8. The van der Waals surface area contributed by atoms with Crippen LogP contribution < -0.4 is 10.9 Å². The van der Waals surface area contributed by atoms with Crippen molar-refractivity contribution in [3.05, 3.63) is 87.5 Å². The Morgan fingerprint density at radius 1 is 1.05 bits per heavy atom. The van der Waals surface area contributed by atoms with Crippen molar-refractivity contribution in [3.8, 4) is 0 Å². The molecule has 2 aromatic heterocycles. The SMILES string of the molecule is CC(=O)N1CC2=C(C1=O)[C@@H](c1cc3ccccc3n(C)c1=O)c1cn(CCC(C)C)c3cccc(c13)N2. The van der Waals surface area contributed by atoms with Crippen LogP contribution in [0.5, 0.6) is 0 Å². The Hall–Kier alpha value is -4.13. The van der Waals surface area contributed by atoms with E-state index in [1.54, 1.807) is 11.6 Å². The molecular formula is C30H30N4O3. The highest BCUT2D eigenvalue weighted by atomic mass is 16.2. The van der Waals surface area contributed by atoms with Crippen LogP contribution in [0.1, 0.15) is 44.2 Å². The molecule has 0 spiro atoms. The number of anilines is 1. The predicted octanol–water partition coefficient (Wildman–Crippen LogP) is 4.74. The Morgan fingerprint density at radius 3 is 2.57 bits per heavy atom. The highest BCUT2D eigenvalue weighted by Gasteiger charge is 2.42. The van der Waals surface area contributed by atoms with Crippen molar-refractivity contribution >= 4 is 39.3 Å². The van der Waals surface area contributed by atoms with Crippen molar-refractivity contribution in [1.82, 2.24) is 14.0 Å². The molecular weight excluding hydrogens is 464 g/mol. The maximum Gasteiger partial charge on any atom is 0.259 e. The largest absolute Gasteiger partial charge is 0.356 e. The first-order valence-corrected chi connectivity index (χ1v) is 12.8. The lowest BCUT2D eigenvalue weighted by atomic mass is 9.84. The molecule has 2 aromatic carbocycles. The number of amides is 2. The van der Waals surface area contributed by atoms with Gasteiger partial charge in [-0.1, -0.05) is 38.1 Å². The number of benzene rings is 2. The van der Waals surface area contributed by atoms with E-state index in [1.807, 2.05) is 42.5 Å². The highest BCUT2D eigenvalue weighted by molar-refractivity contribution is 6.11. The van der Waals surface area contributed by atoms with Gasteiger partial charge in [0, 0.05) is 55.0 Å². The molecule has 37 heavy (non-hydrogen) atoms. The van der Waals surface area contributed by atoms with Gasteiger partial charge in [0.1, 0.15) is 0 Å². The normalized spacial score (nSPS) is 17.1. The number of carbonyl (C=O) groups is 2. The molecule has 0 saturated carbocycles. The summed E-state index contributed by atoms with van der Waals surface area (Å²) in [4.78, 5) is 41.3. The second-order valence-electron chi connectivity index (χ2n) is 10.5. The summed E-state index contributed by atoms with van der Waals surface area (Å²) in [5.41, 5.74) is 5.25. The molecule has 2 aliphatic rings. The number of hydrogen-bond acceptors (Lipinski definition) is 4. The van der Waals surface area contributed by atoms with Crippen molar-refractivity contribution in [3.63, 3.8) is 0 Å². The Morgan fingerprint density at radius 2 is 1.81 bits per heavy atom. The first-order chi connectivity index (χ1) is 17.8. The monoisotopic (exact) mass is 494 g/mol. The van der Waals surface area contributed by atoms with Crippen molar-refractivity contribution in [2.75, 3.05) is 11.9 Å². The summed E-state index contributed by atoms with van der Waals surface area (Å²) in [5.74, 6) is -0.716. The van der Waals surface area contributed by atoms with Crippen molar-refractivity contribution in [2.45, 2.75) is 39.7 Å². The minimum atomic E-state index is -0.603. The fraction of sp³-hybridized carbons (Fsp3) is 0.300. The molecule has 0 aliphatic carbocycles. The van der Waals surface area contributed by atoms with E-state index in [0.717, 1.165) is 46.0 Å². The summed E-state index contributed by atoms with van der Waals surface area (Å²) in [6.07, 6.45) is 3.12. The number of para-hydroxylation sites is 1. The third-order valence-corrected chi connectivity index (χ3v) is 7.74. The lowest BCUT2D eigenvalue weighted by molar-refractivity contribution is -0.139. The zero-order chi connectivity index (χ0) is 26.0. The average Bonchev–Trinajstić information content (AvgIpc) is 3.35. The quantitative estimate of drug-likeness (QED) is 0.445. The first-order valence-electron chi connectivity index (χ1n) is 12.8. The Labute approximate surface area is 215 Å². The van der Waals surface area contributed by atoms with Crippen LogP contribution in [0.3, 0.4) is 0 Å². The van der Waals surface area contributed by atoms with Gasteiger partial charge in [0.2, 0.25) is 5.91 Å². The molecule has 2 aliphatic heterocycles. The molecule has 0 unspecified atom stereocenters. The van der Waals surface area contributed by atoms with Crippen LogP contribution in [0, 0.1) is 5.92 Å². The molecule has 1 N–H and O–H groups in total. The standard InChI is InChI=1S/C30H30N4O3/c1-17(2)12-13-33-15-21-26(20-14-19-8-5-6-10-24(19)32(4)29(20)36)28-23(16-34(18(3)35)30(28)37)31-22-9-7-11-25(33)27(21)22/h5-11,14-15,17,26,31H,12-13,16H2,1-4H3/t26-/m0/s1. The number of imide groups is 1. The molecule has 1 atom stereocenters. The molecule has 4 heterocycles. The van der Waals surface area contributed by atoms with Crippen LogP contribution in [0.25, 0.3) is 21.8 Å². The number of pyridine rings is 1. The Kier molecular flexibility index (Phi) is 5.33. The van der Waals surface area contributed by atoms with Gasteiger partial charge in [-0.25, -0.2) is 0 Å². The zero-order valence-electron chi connectivity index (χ0n) is 21.5. The van der Waals surface area contributed by atoms with Gasteiger partial charge in [-0.2, -0.15) is 0 Å². The summed E-state index contributed by atoms with van der Waals surface area (Å²) in [7, 11) is 1.77. The number of nitrogens with zero attached hydrogens (tertiary/aromatic N) is 3. The van der Waals surface area contributed by atoms with Crippen molar-refractivity contribution in [1.29, 1.82) is 0 Å². The van der Waals surface area contributed by atoms with E-state index in [9.17, 15) is 14.4 Å².